The summed E-state index contributed by atoms with van der Waals surface area (Å²) in [4.78, 5) is 14.1. The summed E-state index contributed by atoms with van der Waals surface area (Å²) in [5.41, 5.74) is 7.59. The van der Waals surface area contributed by atoms with Gasteiger partial charge in [0.2, 0.25) is 0 Å². The van der Waals surface area contributed by atoms with Crippen molar-refractivity contribution in [2.45, 2.75) is 40.0 Å². The summed E-state index contributed by atoms with van der Waals surface area (Å²) in [6, 6.07) is 30.0. The molecule has 4 rings (SSSR count). The lowest BCUT2D eigenvalue weighted by Crippen LogP contribution is -2.26. The Hall–Kier alpha value is -2.64. The smallest absolute Gasteiger partial charge is 0.0544 e. The van der Waals surface area contributed by atoms with Crippen LogP contribution in [0.1, 0.15) is 33.6 Å². The lowest BCUT2D eigenvalue weighted by molar-refractivity contribution is 0.270. The van der Waals surface area contributed by atoms with E-state index in [9.17, 15) is 0 Å². The lowest BCUT2D eigenvalue weighted by atomic mass is 10.1. The molecule has 0 aliphatic carbocycles. The number of rotatable bonds is 15. The highest BCUT2D eigenvalue weighted by molar-refractivity contribution is 8.76. The van der Waals surface area contributed by atoms with E-state index in [1.165, 1.54) is 22.3 Å². The van der Waals surface area contributed by atoms with E-state index in [0.29, 0.717) is 0 Å². The van der Waals surface area contributed by atoms with Crippen LogP contribution in [0.25, 0.3) is 0 Å². The fraction of sp³-hybridized carbons (Fsp3) is 0.312. The molecule has 38 heavy (non-hydrogen) atoms. The summed E-state index contributed by atoms with van der Waals surface area (Å²) in [6.07, 6.45) is 3.77. The van der Waals surface area contributed by atoms with Gasteiger partial charge in [0.1, 0.15) is 0 Å². The van der Waals surface area contributed by atoms with E-state index >= 15 is 0 Å². The molecule has 0 unspecified atom stereocenters. The van der Waals surface area contributed by atoms with Gasteiger partial charge in [0.15, 0.2) is 0 Å². The summed E-state index contributed by atoms with van der Waals surface area (Å²) in [6.45, 7) is 10.0. The molecule has 6 heteroatoms. The number of hydrogen-bond donors (Lipinski definition) is 0. The molecule has 4 nitrogen and oxygen atoms in total. The van der Waals surface area contributed by atoms with Crippen LogP contribution in [0, 0.1) is 13.8 Å². The molecule has 0 radical (unpaired) electrons. The van der Waals surface area contributed by atoms with Crippen molar-refractivity contribution in [1.29, 1.82) is 0 Å². The van der Waals surface area contributed by atoms with Crippen molar-refractivity contribution in [2.75, 3.05) is 24.6 Å². The first-order valence-corrected chi connectivity index (χ1v) is 15.7. The maximum absolute atomic E-state index is 4.56. The molecule has 2 aromatic carbocycles. The fourth-order valence-electron chi connectivity index (χ4n) is 4.46. The third kappa shape index (κ3) is 10.3. The van der Waals surface area contributed by atoms with Crippen molar-refractivity contribution in [2.24, 2.45) is 0 Å². The van der Waals surface area contributed by atoms with Crippen LogP contribution >= 0.6 is 21.6 Å². The van der Waals surface area contributed by atoms with Gasteiger partial charge < -0.3 is 0 Å². The minimum absolute atomic E-state index is 0.869. The number of pyridine rings is 2. The molecule has 0 bridgehead atoms. The Morgan fingerprint density at radius 3 is 1.42 bits per heavy atom. The van der Waals surface area contributed by atoms with Crippen molar-refractivity contribution in [3.8, 4) is 0 Å². The van der Waals surface area contributed by atoms with Crippen LogP contribution in [0.2, 0.25) is 0 Å². The number of benzene rings is 2. The minimum Gasteiger partial charge on any atom is -0.292 e. The van der Waals surface area contributed by atoms with Gasteiger partial charge in [-0.05, 0) is 49.2 Å². The second-order valence-corrected chi connectivity index (χ2v) is 12.4. The molecule has 0 saturated carbocycles. The Kier molecular flexibility index (Phi) is 11.7. The Morgan fingerprint density at radius 2 is 1.03 bits per heavy atom. The minimum atomic E-state index is 0.869. The molecule has 0 N–H and O–H groups in total. The zero-order valence-electron chi connectivity index (χ0n) is 22.5. The number of aryl methyl sites for hydroxylation is 2. The normalized spacial score (nSPS) is 11.4. The zero-order chi connectivity index (χ0) is 26.4. The average Bonchev–Trinajstić information content (AvgIpc) is 2.92. The highest BCUT2D eigenvalue weighted by Crippen LogP contribution is 2.23. The standard InChI is InChI=1S/C32H38N4S2/c1-27-9-7-11-29(21-27)23-35(25-31-13-3-5-15-33-31)17-19-37-38-20-18-36(26-32-14-4-6-16-34-32)24-30-12-8-10-28(2)22-30/h3-16,21-22H,17-20,23-26H2,1-2H3. The maximum atomic E-state index is 4.56. The van der Waals surface area contributed by atoms with Crippen LogP contribution in [0.15, 0.2) is 97.3 Å². The van der Waals surface area contributed by atoms with Crippen LogP contribution in [-0.4, -0.2) is 44.4 Å². The van der Waals surface area contributed by atoms with Crippen molar-refractivity contribution >= 4 is 21.6 Å². The zero-order valence-corrected chi connectivity index (χ0v) is 24.1. The SMILES string of the molecule is Cc1cccc(CN(CCSSCCN(Cc2cccc(C)c2)Cc2ccccn2)Cc2ccccn2)c1. The van der Waals surface area contributed by atoms with Crippen LogP contribution in [0.5, 0.6) is 0 Å². The Bertz CT molecular complexity index is 1120. The van der Waals surface area contributed by atoms with Crippen LogP contribution in [0.3, 0.4) is 0 Å². The summed E-state index contributed by atoms with van der Waals surface area (Å²) in [5.74, 6) is 2.17. The van der Waals surface area contributed by atoms with Crippen LogP contribution < -0.4 is 0 Å². The monoisotopic (exact) mass is 542 g/mol. The topological polar surface area (TPSA) is 32.3 Å². The average molecular weight is 543 g/mol. The molecule has 0 aliphatic heterocycles. The molecule has 0 aliphatic rings. The van der Waals surface area contributed by atoms with Gasteiger partial charge in [-0.1, -0.05) is 93.4 Å². The van der Waals surface area contributed by atoms with E-state index in [1.54, 1.807) is 0 Å². The summed E-state index contributed by atoms with van der Waals surface area (Å²) in [7, 11) is 3.95. The third-order valence-corrected chi connectivity index (χ3v) is 8.63. The quantitative estimate of drug-likeness (QED) is 0.117. The Morgan fingerprint density at radius 1 is 0.553 bits per heavy atom. The molecule has 0 amide bonds. The molecule has 0 fully saturated rings. The van der Waals surface area contributed by atoms with Crippen molar-refractivity contribution in [3.05, 3.63) is 131 Å². The fourth-order valence-corrected chi connectivity index (χ4v) is 6.51. The lowest BCUT2D eigenvalue weighted by Gasteiger charge is -2.23. The predicted molar refractivity (Wildman–Crippen MR) is 164 cm³/mol. The van der Waals surface area contributed by atoms with Gasteiger partial charge >= 0.3 is 0 Å². The first-order chi connectivity index (χ1) is 18.6. The van der Waals surface area contributed by atoms with Crippen LogP contribution in [0.4, 0.5) is 0 Å². The Labute approximate surface area is 236 Å². The summed E-state index contributed by atoms with van der Waals surface area (Å²) in [5, 5.41) is 0. The number of hydrogen-bond acceptors (Lipinski definition) is 6. The second kappa shape index (κ2) is 15.7. The maximum Gasteiger partial charge on any atom is 0.0544 e. The van der Waals surface area contributed by atoms with Gasteiger partial charge in [0.25, 0.3) is 0 Å². The molecule has 2 aromatic heterocycles. The van der Waals surface area contributed by atoms with E-state index in [-0.39, 0.29) is 0 Å². The molecular formula is C32H38N4S2. The van der Waals surface area contributed by atoms with E-state index in [0.717, 1.165) is 62.2 Å². The number of nitrogens with zero attached hydrogens (tertiary/aromatic N) is 4. The van der Waals surface area contributed by atoms with Gasteiger partial charge in [-0.15, -0.1) is 0 Å². The first-order valence-electron chi connectivity index (χ1n) is 13.2. The van der Waals surface area contributed by atoms with Crippen LogP contribution in [-0.2, 0) is 26.2 Å². The molecule has 4 aromatic rings. The van der Waals surface area contributed by atoms with Crippen molar-refractivity contribution in [3.63, 3.8) is 0 Å². The van der Waals surface area contributed by atoms with Crippen molar-refractivity contribution < 1.29 is 0 Å². The molecule has 0 atom stereocenters. The molecule has 0 spiro atoms. The van der Waals surface area contributed by atoms with E-state index in [4.69, 9.17) is 0 Å². The summed E-state index contributed by atoms with van der Waals surface area (Å²) < 4.78 is 0. The van der Waals surface area contributed by atoms with Crippen molar-refractivity contribution in [1.82, 2.24) is 19.8 Å². The summed E-state index contributed by atoms with van der Waals surface area (Å²) >= 11 is 0. The predicted octanol–water partition coefficient (Wildman–Crippen LogP) is 7.18. The van der Waals surface area contributed by atoms with E-state index in [2.05, 4.69) is 106 Å². The van der Waals surface area contributed by atoms with Gasteiger partial charge in [-0.3, -0.25) is 19.8 Å². The Balaban J connectivity index is 1.26. The molecular weight excluding hydrogens is 505 g/mol. The van der Waals surface area contributed by atoms with E-state index < -0.39 is 0 Å². The molecule has 0 saturated heterocycles. The van der Waals surface area contributed by atoms with Gasteiger partial charge in [-0.2, -0.15) is 0 Å². The molecule has 2 heterocycles. The second-order valence-electron chi connectivity index (χ2n) is 9.69. The molecule has 198 valence electrons. The largest absolute Gasteiger partial charge is 0.292 e. The number of aromatic nitrogens is 2. The van der Waals surface area contributed by atoms with E-state index in [1.807, 2.05) is 46.1 Å². The van der Waals surface area contributed by atoms with Gasteiger partial charge in [0, 0.05) is 63.2 Å². The highest BCUT2D eigenvalue weighted by atomic mass is 33.1. The highest BCUT2D eigenvalue weighted by Gasteiger charge is 2.11. The first kappa shape index (κ1) is 28.4. The van der Waals surface area contributed by atoms with Gasteiger partial charge in [0.05, 0.1) is 11.4 Å². The van der Waals surface area contributed by atoms with Gasteiger partial charge in [-0.25, -0.2) is 0 Å². The third-order valence-electron chi connectivity index (χ3n) is 6.27.